The lowest BCUT2D eigenvalue weighted by Crippen LogP contribution is -2.45. The zero-order valence-corrected chi connectivity index (χ0v) is 11.0. The predicted molar refractivity (Wildman–Crippen MR) is 67.9 cm³/mol. The molecule has 2 aliphatic rings. The molecule has 3 rings (SSSR count). The topological polar surface area (TPSA) is 68.2 Å². The van der Waals surface area contributed by atoms with Gasteiger partial charge in [-0.25, -0.2) is 0 Å². The summed E-state index contributed by atoms with van der Waals surface area (Å²) in [4.78, 5) is 6.89. The third-order valence-electron chi connectivity index (χ3n) is 4.14. The highest BCUT2D eigenvalue weighted by Gasteiger charge is 2.30. The third-order valence-corrected chi connectivity index (χ3v) is 4.14. The molecule has 1 aliphatic carbocycles. The van der Waals surface area contributed by atoms with E-state index in [4.69, 9.17) is 10.3 Å². The van der Waals surface area contributed by atoms with Crippen molar-refractivity contribution in [2.45, 2.75) is 51.1 Å². The Labute approximate surface area is 108 Å². The molecular weight excluding hydrogens is 228 g/mol. The molecule has 2 heterocycles. The number of nitrogens with two attached hydrogens (primary N) is 1. The van der Waals surface area contributed by atoms with Crippen molar-refractivity contribution in [2.75, 3.05) is 13.1 Å². The Kier molecular flexibility index (Phi) is 3.35. The minimum atomic E-state index is 0.463. The van der Waals surface area contributed by atoms with Crippen LogP contribution in [0.1, 0.15) is 50.2 Å². The zero-order chi connectivity index (χ0) is 12.5. The van der Waals surface area contributed by atoms with Crippen LogP contribution in [0.3, 0.4) is 0 Å². The Balaban J connectivity index is 1.62. The molecule has 1 aromatic rings. The zero-order valence-electron chi connectivity index (χ0n) is 11.0. The molecule has 5 heteroatoms. The second-order valence-electron chi connectivity index (χ2n) is 5.81. The number of likely N-dealkylation sites (tertiary alicyclic amines) is 1. The van der Waals surface area contributed by atoms with Gasteiger partial charge in [0, 0.05) is 18.5 Å². The molecule has 0 amide bonds. The second kappa shape index (κ2) is 4.97. The Morgan fingerprint density at radius 1 is 1.39 bits per heavy atom. The van der Waals surface area contributed by atoms with E-state index in [2.05, 4.69) is 22.0 Å². The summed E-state index contributed by atoms with van der Waals surface area (Å²) in [6.45, 7) is 4.87. The number of aromatic nitrogens is 2. The number of hydrogen-bond acceptors (Lipinski definition) is 5. The SMILES string of the molecule is CC1CCN(Cc2nc(C3CC3)no2)C(CN)C1. The predicted octanol–water partition coefficient (Wildman–Crippen LogP) is 1.51. The summed E-state index contributed by atoms with van der Waals surface area (Å²) in [5.74, 6) is 3.00. The first-order valence-electron chi connectivity index (χ1n) is 7.03. The standard InChI is InChI=1S/C13H22N4O/c1-9-4-5-17(11(6-9)7-14)8-12-15-13(16-18-12)10-2-3-10/h9-11H,2-8,14H2,1H3. The van der Waals surface area contributed by atoms with Crippen LogP contribution in [0, 0.1) is 5.92 Å². The number of piperidine rings is 1. The average molecular weight is 250 g/mol. The monoisotopic (exact) mass is 250 g/mol. The number of nitrogens with zero attached hydrogens (tertiary/aromatic N) is 3. The van der Waals surface area contributed by atoms with E-state index in [1.165, 1.54) is 25.7 Å². The van der Waals surface area contributed by atoms with Gasteiger partial charge in [0.25, 0.3) is 0 Å². The van der Waals surface area contributed by atoms with Crippen LogP contribution in [0.25, 0.3) is 0 Å². The molecule has 2 fully saturated rings. The third kappa shape index (κ3) is 2.57. The van der Waals surface area contributed by atoms with Gasteiger partial charge < -0.3 is 10.3 Å². The summed E-state index contributed by atoms with van der Waals surface area (Å²) >= 11 is 0. The van der Waals surface area contributed by atoms with Crippen molar-refractivity contribution >= 4 is 0 Å². The maximum absolute atomic E-state index is 5.86. The lowest BCUT2D eigenvalue weighted by molar-refractivity contribution is 0.102. The molecule has 100 valence electrons. The molecule has 5 nitrogen and oxygen atoms in total. The second-order valence-corrected chi connectivity index (χ2v) is 5.81. The van der Waals surface area contributed by atoms with Gasteiger partial charge >= 0.3 is 0 Å². The van der Waals surface area contributed by atoms with Crippen molar-refractivity contribution < 1.29 is 4.52 Å². The molecule has 0 spiro atoms. The van der Waals surface area contributed by atoms with E-state index in [-0.39, 0.29) is 0 Å². The molecule has 2 atom stereocenters. The van der Waals surface area contributed by atoms with E-state index in [0.717, 1.165) is 30.7 Å². The number of hydrogen-bond donors (Lipinski definition) is 1. The fourth-order valence-corrected chi connectivity index (χ4v) is 2.77. The van der Waals surface area contributed by atoms with E-state index in [0.29, 0.717) is 18.5 Å². The molecule has 1 aromatic heterocycles. The molecule has 2 unspecified atom stereocenters. The highest BCUT2D eigenvalue weighted by atomic mass is 16.5. The molecule has 0 bridgehead atoms. The van der Waals surface area contributed by atoms with Crippen molar-refractivity contribution in [1.29, 1.82) is 0 Å². The Morgan fingerprint density at radius 2 is 2.22 bits per heavy atom. The Morgan fingerprint density at radius 3 is 2.94 bits per heavy atom. The van der Waals surface area contributed by atoms with Crippen LogP contribution in [0.2, 0.25) is 0 Å². The summed E-state index contributed by atoms with van der Waals surface area (Å²) in [5.41, 5.74) is 5.86. The van der Waals surface area contributed by atoms with Crippen LogP contribution in [-0.2, 0) is 6.54 Å². The molecule has 0 radical (unpaired) electrons. The van der Waals surface area contributed by atoms with Crippen LogP contribution in [0.15, 0.2) is 4.52 Å². The van der Waals surface area contributed by atoms with Crippen molar-refractivity contribution in [1.82, 2.24) is 15.0 Å². The van der Waals surface area contributed by atoms with Crippen LogP contribution >= 0.6 is 0 Å². The molecule has 1 aliphatic heterocycles. The Hall–Kier alpha value is -0.940. The minimum Gasteiger partial charge on any atom is -0.338 e. The van der Waals surface area contributed by atoms with E-state index < -0.39 is 0 Å². The smallest absolute Gasteiger partial charge is 0.240 e. The first-order chi connectivity index (χ1) is 8.76. The van der Waals surface area contributed by atoms with Gasteiger partial charge in [-0.2, -0.15) is 4.98 Å². The van der Waals surface area contributed by atoms with Crippen LogP contribution < -0.4 is 5.73 Å². The largest absolute Gasteiger partial charge is 0.338 e. The highest BCUT2D eigenvalue weighted by Crippen LogP contribution is 2.38. The fraction of sp³-hybridized carbons (Fsp3) is 0.846. The Bertz CT molecular complexity index is 401. The van der Waals surface area contributed by atoms with E-state index in [1.807, 2.05) is 0 Å². The molecule has 1 saturated carbocycles. The van der Waals surface area contributed by atoms with Crippen molar-refractivity contribution in [3.05, 3.63) is 11.7 Å². The fourth-order valence-electron chi connectivity index (χ4n) is 2.77. The van der Waals surface area contributed by atoms with Crippen molar-refractivity contribution in [3.8, 4) is 0 Å². The minimum absolute atomic E-state index is 0.463. The van der Waals surface area contributed by atoms with Crippen molar-refractivity contribution in [3.63, 3.8) is 0 Å². The maximum atomic E-state index is 5.86. The normalized spacial score (nSPS) is 29.7. The molecule has 2 N–H and O–H groups in total. The van der Waals surface area contributed by atoms with E-state index >= 15 is 0 Å². The molecule has 18 heavy (non-hydrogen) atoms. The summed E-state index contributed by atoms with van der Waals surface area (Å²) in [6.07, 6.45) is 4.84. The lowest BCUT2D eigenvalue weighted by atomic mass is 9.92. The first kappa shape index (κ1) is 12.1. The van der Waals surface area contributed by atoms with E-state index in [9.17, 15) is 0 Å². The summed E-state index contributed by atoms with van der Waals surface area (Å²) in [7, 11) is 0. The van der Waals surface area contributed by atoms with Gasteiger partial charge in [-0.05, 0) is 38.1 Å². The molecular formula is C13H22N4O. The van der Waals surface area contributed by atoms with Gasteiger partial charge in [-0.3, -0.25) is 4.90 Å². The summed E-state index contributed by atoms with van der Waals surface area (Å²) in [6, 6.07) is 0.463. The van der Waals surface area contributed by atoms with Gasteiger partial charge in [0.2, 0.25) is 5.89 Å². The summed E-state index contributed by atoms with van der Waals surface area (Å²) < 4.78 is 5.34. The maximum Gasteiger partial charge on any atom is 0.240 e. The molecule has 0 aromatic carbocycles. The first-order valence-corrected chi connectivity index (χ1v) is 7.03. The van der Waals surface area contributed by atoms with Crippen LogP contribution in [0.5, 0.6) is 0 Å². The quantitative estimate of drug-likeness (QED) is 0.877. The van der Waals surface area contributed by atoms with Crippen molar-refractivity contribution in [2.24, 2.45) is 11.7 Å². The highest BCUT2D eigenvalue weighted by molar-refractivity contribution is 5.03. The summed E-state index contributed by atoms with van der Waals surface area (Å²) in [5, 5.41) is 4.07. The van der Waals surface area contributed by atoms with Gasteiger partial charge in [-0.15, -0.1) is 0 Å². The lowest BCUT2D eigenvalue weighted by Gasteiger charge is -2.36. The van der Waals surface area contributed by atoms with Crippen LogP contribution in [-0.4, -0.2) is 34.2 Å². The average Bonchev–Trinajstić information content (AvgIpc) is 3.12. The van der Waals surface area contributed by atoms with Gasteiger partial charge in [0.1, 0.15) is 0 Å². The van der Waals surface area contributed by atoms with Crippen LogP contribution in [0.4, 0.5) is 0 Å². The van der Waals surface area contributed by atoms with Gasteiger partial charge in [-0.1, -0.05) is 12.1 Å². The van der Waals surface area contributed by atoms with Gasteiger partial charge in [0.05, 0.1) is 6.54 Å². The van der Waals surface area contributed by atoms with Gasteiger partial charge in [0.15, 0.2) is 5.82 Å². The molecule has 1 saturated heterocycles. The number of rotatable bonds is 4. The van der Waals surface area contributed by atoms with E-state index in [1.54, 1.807) is 0 Å².